The first-order chi connectivity index (χ1) is 8.44. The lowest BCUT2D eigenvalue weighted by atomic mass is 9.90. The van der Waals surface area contributed by atoms with Gasteiger partial charge in [0.2, 0.25) is 5.82 Å². The third-order valence-corrected chi connectivity index (χ3v) is 3.86. The van der Waals surface area contributed by atoms with E-state index in [0.29, 0.717) is 17.3 Å². The topological polar surface area (TPSA) is 72.5 Å². The van der Waals surface area contributed by atoms with Gasteiger partial charge in [0.15, 0.2) is 0 Å². The number of thiazole rings is 1. The number of nitrogens with one attached hydrogen (secondary N) is 1. The smallest absolute Gasteiger partial charge is 0.362 e. The zero-order valence-electron chi connectivity index (χ0n) is 10.6. The van der Waals surface area contributed by atoms with Gasteiger partial charge in [-0.1, -0.05) is 32.1 Å². The molecule has 7 heteroatoms. The van der Waals surface area contributed by atoms with Crippen LogP contribution in [0.5, 0.6) is 0 Å². The molecule has 0 aliphatic carbocycles. The number of nitrogens with zero attached hydrogens (tertiary/aromatic N) is 3. The standard InChI is InChI=1S/C11H16N4O2S/c1-4-11(2,3)7-12-8-9(15(16)17)14-5-6-18-10(14)13-8/h5-6,12H,4,7H2,1-3H3. The van der Waals surface area contributed by atoms with Crippen LogP contribution < -0.4 is 5.32 Å². The van der Waals surface area contributed by atoms with E-state index in [1.807, 2.05) is 0 Å². The third-order valence-electron chi connectivity index (χ3n) is 3.10. The zero-order valence-corrected chi connectivity index (χ0v) is 11.5. The van der Waals surface area contributed by atoms with Crippen molar-refractivity contribution in [2.45, 2.75) is 27.2 Å². The van der Waals surface area contributed by atoms with Crippen molar-refractivity contribution in [3.05, 3.63) is 21.7 Å². The molecule has 18 heavy (non-hydrogen) atoms. The molecule has 0 atom stereocenters. The first kappa shape index (κ1) is 12.8. The summed E-state index contributed by atoms with van der Waals surface area (Å²) in [5.74, 6) is 0.367. The number of fused-ring (bicyclic) bond motifs is 1. The molecule has 0 amide bonds. The summed E-state index contributed by atoms with van der Waals surface area (Å²) in [7, 11) is 0. The number of anilines is 1. The second-order valence-corrected chi connectivity index (χ2v) is 5.84. The Hall–Kier alpha value is -1.63. The van der Waals surface area contributed by atoms with Crippen LogP contribution in [0.4, 0.5) is 11.6 Å². The predicted molar refractivity (Wildman–Crippen MR) is 72.3 cm³/mol. The number of nitro groups is 1. The van der Waals surface area contributed by atoms with Gasteiger partial charge in [-0.05, 0) is 16.8 Å². The van der Waals surface area contributed by atoms with Crippen LogP contribution in [-0.4, -0.2) is 20.9 Å². The highest BCUT2D eigenvalue weighted by Gasteiger charge is 2.25. The molecule has 2 rings (SSSR count). The van der Waals surface area contributed by atoms with Gasteiger partial charge < -0.3 is 15.4 Å². The summed E-state index contributed by atoms with van der Waals surface area (Å²) in [6.07, 6.45) is 2.66. The van der Waals surface area contributed by atoms with Gasteiger partial charge >= 0.3 is 5.82 Å². The van der Waals surface area contributed by atoms with Gasteiger partial charge in [0, 0.05) is 11.9 Å². The van der Waals surface area contributed by atoms with Crippen LogP contribution in [0.3, 0.4) is 0 Å². The van der Waals surface area contributed by atoms with Crippen molar-refractivity contribution >= 4 is 27.9 Å². The van der Waals surface area contributed by atoms with Gasteiger partial charge in [-0.25, -0.2) is 0 Å². The normalized spacial score (nSPS) is 11.9. The lowest BCUT2D eigenvalue weighted by Gasteiger charge is -2.22. The van der Waals surface area contributed by atoms with E-state index in [1.165, 1.54) is 15.7 Å². The maximum absolute atomic E-state index is 11.1. The molecule has 1 N–H and O–H groups in total. The summed E-state index contributed by atoms with van der Waals surface area (Å²) in [4.78, 5) is 15.6. The molecule has 98 valence electrons. The molecule has 6 nitrogen and oxygen atoms in total. The first-order valence-corrected chi connectivity index (χ1v) is 6.66. The molecular weight excluding hydrogens is 252 g/mol. The maximum atomic E-state index is 11.1. The lowest BCUT2D eigenvalue weighted by molar-refractivity contribution is -0.389. The minimum atomic E-state index is -0.395. The summed E-state index contributed by atoms with van der Waals surface area (Å²) in [6.45, 7) is 6.99. The van der Waals surface area contributed by atoms with E-state index in [2.05, 4.69) is 31.1 Å². The molecule has 0 aromatic carbocycles. The van der Waals surface area contributed by atoms with Crippen molar-refractivity contribution in [3.8, 4) is 0 Å². The van der Waals surface area contributed by atoms with Crippen molar-refractivity contribution in [1.29, 1.82) is 0 Å². The lowest BCUT2D eigenvalue weighted by Crippen LogP contribution is -2.22. The van der Waals surface area contributed by atoms with E-state index < -0.39 is 4.92 Å². The van der Waals surface area contributed by atoms with Crippen molar-refractivity contribution in [1.82, 2.24) is 9.38 Å². The van der Waals surface area contributed by atoms with Crippen LogP contribution in [0, 0.1) is 15.5 Å². The van der Waals surface area contributed by atoms with Gasteiger partial charge in [-0.15, -0.1) is 0 Å². The van der Waals surface area contributed by atoms with E-state index in [1.54, 1.807) is 11.6 Å². The number of aromatic nitrogens is 2. The Kier molecular flexibility index (Phi) is 3.25. The third kappa shape index (κ3) is 2.31. The van der Waals surface area contributed by atoms with Crippen molar-refractivity contribution < 1.29 is 4.92 Å². The number of hydrogen-bond acceptors (Lipinski definition) is 5. The summed E-state index contributed by atoms with van der Waals surface area (Å²) in [6, 6.07) is 0. The van der Waals surface area contributed by atoms with Gasteiger partial charge in [0.05, 0.1) is 0 Å². The SMILES string of the molecule is CCC(C)(C)CNc1nc2sccn2c1[N+](=O)[O-]. The molecule has 0 radical (unpaired) electrons. The van der Waals surface area contributed by atoms with Gasteiger partial charge in [0.1, 0.15) is 6.20 Å². The predicted octanol–water partition coefficient (Wildman–Crippen LogP) is 3.15. The minimum Gasteiger partial charge on any atom is -0.362 e. The highest BCUT2D eigenvalue weighted by atomic mass is 32.1. The average molecular weight is 268 g/mol. The van der Waals surface area contributed by atoms with Crippen molar-refractivity contribution in [3.63, 3.8) is 0 Å². The molecule has 0 spiro atoms. The minimum absolute atomic E-state index is 0.0122. The molecule has 2 heterocycles. The summed E-state index contributed by atoms with van der Waals surface area (Å²) in [5.41, 5.74) is 0.0882. The van der Waals surface area contributed by atoms with Crippen molar-refractivity contribution in [2.24, 2.45) is 5.41 Å². The molecule has 0 aliphatic rings. The largest absolute Gasteiger partial charge is 0.372 e. The monoisotopic (exact) mass is 268 g/mol. The second kappa shape index (κ2) is 4.56. The van der Waals surface area contributed by atoms with E-state index >= 15 is 0 Å². The Morgan fingerprint density at radius 1 is 1.61 bits per heavy atom. The molecular formula is C11H16N4O2S. The molecule has 0 bridgehead atoms. The average Bonchev–Trinajstić information content (AvgIpc) is 2.85. The van der Waals surface area contributed by atoms with Crippen LogP contribution in [0.2, 0.25) is 0 Å². The fraction of sp³-hybridized carbons (Fsp3) is 0.545. The second-order valence-electron chi connectivity index (χ2n) is 4.97. The van der Waals surface area contributed by atoms with Crippen LogP contribution in [0.15, 0.2) is 11.6 Å². The molecule has 2 aromatic heterocycles. The summed E-state index contributed by atoms with van der Waals surface area (Å²) >= 11 is 1.39. The fourth-order valence-corrected chi connectivity index (χ4v) is 2.22. The highest BCUT2D eigenvalue weighted by molar-refractivity contribution is 7.15. The Bertz CT molecular complexity index is 573. The van der Waals surface area contributed by atoms with Crippen LogP contribution in [0.1, 0.15) is 27.2 Å². The van der Waals surface area contributed by atoms with Crippen molar-refractivity contribution in [2.75, 3.05) is 11.9 Å². The number of imidazole rings is 1. The number of rotatable bonds is 5. The Labute approximate surface area is 109 Å². The Morgan fingerprint density at radius 3 is 2.94 bits per heavy atom. The fourth-order valence-electron chi connectivity index (χ4n) is 1.51. The first-order valence-electron chi connectivity index (χ1n) is 5.78. The number of hydrogen-bond donors (Lipinski definition) is 1. The van der Waals surface area contributed by atoms with Crippen LogP contribution in [-0.2, 0) is 0 Å². The summed E-state index contributed by atoms with van der Waals surface area (Å²) in [5, 5.41) is 16.0. The van der Waals surface area contributed by atoms with E-state index in [0.717, 1.165) is 6.42 Å². The van der Waals surface area contributed by atoms with Crippen LogP contribution in [0.25, 0.3) is 4.96 Å². The zero-order chi connectivity index (χ0) is 13.3. The van der Waals surface area contributed by atoms with E-state index in [9.17, 15) is 10.1 Å². The summed E-state index contributed by atoms with van der Waals surface area (Å²) < 4.78 is 1.51. The van der Waals surface area contributed by atoms with E-state index in [4.69, 9.17) is 0 Å². The van der Waals surface area contributed by atoms with Gasteiger partial charge in [0.25, 0.3) is 4.96 Å². The van der Waals surface area contributed by atoms with Crippen LogP contribution >= 0.6 is 11.3 Å². The highest BCUT2D eigenvalue weighted by Crippen LogP contribution is 2.29. The van der Waals surface area contributed by atoms with Gasteiger partial charge in [-0.3, -0.25) is 0 Å². The Morgan fingerprint density at radius 2 is 2.33 bits per heavy atom. The molecule has 0 unspecified atom stereocenters. The molecule has 0 fully saturated rings. The maximum Gasteiger partial charge on any atom is 0.372 e. The molecule has 0 aliphatic heterocycles. The Balaban J connectivity index is 2.30. The van der Waals surface area contributed by atoms with E-state index in [-0.39, 0.29) is 11.2 Å². The van der Waals surface area contributed by atoms with Gasteiger partial charge in [-0.2, -0.15) is 9.38 Å². The molecule has 2 aromatic rings. The quantitative estimate of drug-likeness (QED) is 0.668. The molecule has 0 saturated carbocycles. The molecule has 0 saturated heterocycles.